The van der Waals surface area contributed by atoms with Crippen LogP contribution < -0.4 is 5.32 Å². The summed E-state index contributed by atoms with van der Waals surface area (Å²) in [7, 11) is 0. The summed E-state index contributed by atoms with van der Waals surface area (Å²) in [6, 6.07) is 17.0. The fourth-order valence-corrected chi connectivity index (χ4v) is 4.88. The second kappa shape index (κ2) is 9.01. The van der Waals surface area contributed by atoms with E-state index < -0.39 is 0 Å². The maximum absolute atomic E-state index is 13.4. The Morgan fingerprint density at radius 2 is 1.74 bits per heavy atom. The number of benzene rings is 2. The van der Waals surface area contributed by atoms with Crippen LogP contribution in [0.4, 0.5) is 0 Å². The number of nitrogens with one attached hydrogen (secondary N) is 1. The van der Waals surface area contributed by atoms with Crippen molar-refractivity contribution in [1.82, 2.24) is 15.1 Å². The number of nitrogens with zero attached hydrogens (tertiary/aromatic N) is 2. The van der Waals surface area contributed by atoms with Crippen LogP contribution in [-0.2, 0) is 11.2 Å². The van der Waals surface area contributed by atoms with Gasteiger partial charge in [0.05, 0.1) is 11.7 Å². The second-order valence-corrected chi connectivity index (χ2v) is 9.50. The normalized spacial score (nSPS) is 20.6. The number of halogens is 1. The molecule has 1 spiro atoms. The van der Waals surface area contributed by atoms with E-state index in [1.807, 2.05) is 23.1 Å². The number of carbonyl (C=O) groups excluding carboxylic acids is 2. The third kappa shape index (κ3) is 4.63. The first-order chi connectivity index (χ1) is 14.9. The van der Waals surface area contributed by atoms with Gasteiger partial charge in [0.2, 0.25) is 5.91 Å². The molecule has 0 saturated carbocycles. The van der Waals surface area contributed by atoms with E-state index in [2.05, 4.69) is 36.2 Å². The SMILES string of the molecule is CC(C)CN1C(=O)[C@@H](Cc2ccccc2)NC12CCN(C(=O)c1ccc(Cl)cc1)CC2. The van der Waals surface area contributed by atoms with Crippen molar-refractivity contribution in [2.45, 2.75) is 44.8 Å². The highest BCUT2D eigenvalue weighted by Gasteiger charge is 2.51. The van der Waals surface area contributed by atoms with Gasteiger partial charge in [-0.25, -0.2) is 0 Å². The van der Waals surface area contributed by atoms with Crippen LogP contribution in [0, 0.1) is 5.92 Å². The van der Waals surface area contributed by atoms with Crippen LogP contribution in [0.2, 0.25) is 5.02 Å². The van der Waals surface area contributed by atoms with E-state index in [-0.39, 0.29) is 23.5 Å². The van der Waals surface area contributed by atoms with E-state index in [9.17, 15) is 9.59 Å². The molecule has 2 aliphatic rings. The summed E-state index contributed by atoms with van der Waals surface area (Å²) < 4.78 is 0. The lowest BCUT2D eigenvalue weighted by Crippen LogP contribution is -2.60. The summed E-state index contributed by atoms with van der Waals surface area (Å²) in [6.45, 7) is 6.25. The number of piperidine rings is 1. The highest BCUT2D eigenvalue weighted by atomic mass is 35.5. The molecular weight excluding hydrogens is 410 g/mol. The number of hydrogen-bond acceptors (Lipinski definition) is 3. The lowest BCUT2D eigenvalue weighted by atomic mass is 9.94. The van der Waals surface area contributed by atoms with Crippen molar-refractivity contribution in [2.75, 3.05) is 19.6 Å². The molecule has 2 aliphatic heterocycles. The van der Waals surface area contributed by atoms with E-state index in [1.54, 1.807) is 24.3 Å². The third-order valence-electron chi connectivity index (χ3n) is 6.32. The molecule has 2 amide bonds. The Kier molecular flexibility index (Phi) is 6.35. The van der Waals surface area contributed by atoms with Gasteiger partial charge in [-0.15, -0.1) is 0 Å². The highest BCUT2D eigenvalue weighted by Crippen LogP contribution is 2.34. The minimum atomic E-state index is -0.377. The Morgan fingerprint density at radius 3 is 2.35 bits per heavy atom. The quantitative estimate of drug-likeness (QED) is 0.766. The molecule has 164 valence electrons. The summed E-state index contributed by atoms with van der Waals surface area (Å²) in [5, 5.41) is 4.31. The average Bonchev–Trinajstić information content (AvgIpc) is 3.00. The summed E-state index contributed by atoms with van der Waals surface area (Å²) in [4.78, 5) is 30.2. The molecule has 4 rings (SSSR count). The average molecular weight is 440 g/mol. The molecule has 6 heteroatoms. The molecule has 1 atom stereocenters. The molecule has 2 saturated heterocycles. The van der Waals surface area contributed by atoms with Crippen LogP contribution in [0.1, 0.15) is 42.6 Å². The van der Waals surface area contributed by atoms with Crippen LogP contribution >= 0.6 is 11.6 Å². The number of likely N-dealkylation sites (tertiary alicyclic amines) is 1. The zero-order valence-corrected chi connectivity index (χ0v) is 18.9. The molecule has 5 nitrogen and oxygen atoms in total. The molecule has 2 aromatic rings. The van der Waals surface area contributed by atoms with Gasteiger partial charge in [-0.1, -0.05) is 55.8 Å². The maximum atomic E-state index is 13.4. The standard InChI is InChI=1S/C25H30ClN3O2/c1-18(2)17-29-24(31)22(16-19-6-4-3-5-7-19)27-25(29)12-14-28(15-13-25)23(30)20-8-10-21(26)11-9-20/h3-11,18,22,27H,12-17H2,1-2H3/t22-/m1/s1. The molecule has 0 bridgehead atoms. The largest absolute Gasteiger partial charge is 0.338 e. The Hall–Kier alpha value is -2.37. The highest BCUT2D eigenvalue weighted by molar-refractivity contribution is 6.30. The van der Waals surface area contributed by atoms with Crippen molar-refractivity contribution in [3.8, 4) is 0 Å². The van der Waals surface area contributed by atoms with Crippen molar-refractivity contribution in [3.63, 3.8) is 0 Å². The number of amides is 2. The van der Waals surface area contributed by atoms with Gasteiger partial charge in [-0.3, -0.25) is 14.9 Å². The van der Waals surface area contributed by atoms with Crippen LogP contribution in [0.25, 0.3) is 0 Å². The van der Waals surface area contributed by atoms with Crippen molar-refractivity contribution >= 4 is 23.4 Å². The first-order valence-corrected chi connectivity index (χ1v) is 11.4. The Labute approximate surface area is 189 Å². The van der Waals surface area contributed by atoms with E-state index in [0.717, 1.165) is 24.9 Å². The minimum absolute atomic E-state index is 0.0204. The Bertz CT molecular complexity index is 922. The van der Waals surface area contributed by atoms with Gasteiger partial charge in [0.15, 0.2) is 0 Å². The zero-order valence-electron chi connectivity index (χ0n) is 18.2. The summed E-state index contributed by atoms with van der Waals surface area (Å²) in [5.41, 5.74) is 1.43. The summed E-state index contributed by atoms with van der Waals surface area (Å²) in [5.74, 6) is 0.578. The van der Waals surface area contributed by atoms with E-state index in [1.165, 1.54) is 0 Å². The molecule has 2 aromatic carbocycles. The van der Waals surface area contributed by atoms with Crippen LogP contribution in [0.15, 0.2) is 54.6 Å². The van der Waals surface area contributed by atoms with Gasteiger partial charge < -0.3 is 9.80 Å². The van der Waals surface area contributed by atoms with Crippen molar-refractivity contribution < 1.29 is 9.59 Å². The molecule has 0 unspecified atom stereocenters. The second-order valence-electron chi connectivity index (χ2n) is 9.06. The monoisotopic (exact) mass is 439 g/mol. The summed E-state index contributed by atoms with van der Waals surface area (Å²) in [6.07, 6.45) is 2.15. The van der Waals surface area contributed by atoms with Gasteiger partial charge in [-0.05, 0) is 42.2 Å². The molecule has 2 heterocycles. The minimum Gasteiger partial charge on any atom is -0.338 e. The predicted octanol–water partition coefficient (Wildman–Crippen LogP) is 3.97. The van der Waals surface area contributed by atoms with Crippen molar-refractivity contribution in [3.05, 3.63) is 70.7 Å². The number of carbonyl (C=O) groups is 2. The number of rotatable bonds is 5. The summed E-state index contributed by atoms with van der Waals surface area (Å²) >= 11 is 5.96. The molecular formula is C25H30ClN3O2. The Balaban J connectivity index is 1.49. The fraction of sp³-hybridized carbons (Fsp3) is 0.440. The lowest BCUT2D eigenvalue weighted by Gasteiger charge is -2.45. The smallest absolute Gasteiger partial charge is 0.253 e. The molecule has 1 N–H and O–H groups in total. The van der Waals surface area contributed by atoms with Crippen molar-refractivity contribution in [1.29, 1.82) is 0 Å². The molecule has 31 heavy (non-hydrogen) atoms. The topological polar surface area (TPSA) is 52.7 Å². The van der Waals surface area contributed by atoms with Gasteiger partial charge in [0, 0.05) is 43.1 Å². The number of hydrogen-bond donors (Lipinski definition) is 1. The Morgan fingerprint density at radius 1 is 1.10 bits per heavy atom. The van der Waals surface area contributed by atoms with Crippen LogP contribution in [0.3, 0.4) is 0 Å². The predicted molar refractivity (Wildman–Crippen MR) is 123 cm³/mol. The van der Waals surface area contributed by atoms with Gasteiger partial charge in [0.25, 0.3) is 5.91 Å². The van der Waals surface area contributed by atoms with Gasteiger partial charge >= 0.3 is 0 Å². The third-order valence-corrected chi connectivity index (χ3v) is 6.58. The first kappa shape index (κ1) is 21.8. The van der Waals surface area contributed by atoms with E-state index in [0.29, 0.717) is 36.0 Å². The van der Waals surface area contributed by atoms with Crippen molar-refractivity contribution in [2.24, 2.45) is 5.92 Å². The zero-order chi connectivity index (χ0) is 22.0. The van der Waals surface area contributed by atoms with E-state index >= 15 is 0 Å². The van der Waals surface area contributed by atoms with Crippen LogP contribution in [0.5, 0.6) is 0 Å². The molecule has 0 aliphatic carbocycles. The first-order valence-electron chi connectivity index (χ1n) is 11.1. The lowest BCUT2D eigenvalue weighted by molar-refractivity contribution is -0.134. The molecule has 0 radical (unpaired) electrons. The maximum Gasteiger partial charge on any atom is 0.253 e. The van der Waals surface area contributed by atoms with E-state index in [4.69, 9.17) is 11.6 Å². The van der Waals surface area contributed by atoms with Gasteiger partial charge in [-0.2, -0.15) is 0 Å². The van der Waals surface area contributed by atoms with Gasteiger partial charge in [0.1, 0.15) is 0 Å². The van der Waals surface area contributed by atoms with Crippen LogP contribution in [-0.4, -0.2) is 53.0 Å². The molecule has 0 aromatic heterocycles. The molecule has 2 fully saturated rings. The fourth-order valence-electron chi connectivity index (χ4n) is 4.75.